The Bertz CT molecular complexity index is 608. The van der Waals surface area contributed by atoms with Crippen LogP contribution < -0.4 is 21.7 Å². The number of benzene rings is 1. The summed E-state index contributed by atoms with van der Waals surface area (Å²) in [6.07, 6.45) is 1.27. The van der Waals surface area contributed by atoms with E-state index in [4.69, 9.17) is 10.5 Å². The van der Waals surface area contributed by atoms with Crippen molar-refractivity contribution in [1.82, 2.24) is 10.6 Å². The molecule has 9 nitrogen and oxygen atoms in total. The second kappa shape index (κ2) is 10.7. The van der Waals surface area contributed by atoms with Gasteiger partial charge < -0.3 is 26.4 Å². The van der Waals surface area contributed by atoms with Gasteiger partial charge in [0.25, 0.3) is 0 Å². The second-order valence-corrected chi connectivity index (χ2v) is 5.24. The van der Waals surface area contributed by atoms with Crippen molar-refractivity contribution in [2.45, 2.75) is 25.5 Å². The zero-order valence-corrected chi connectivity index (χ0v) is 13.9. The number of hydrogen-bond donors (Lipinski definition) is 4. The number of carbonyl (C=O) groups excluding carboxylic acids is 4. The molecule has 0 spiro atoms. The standard InChI is InChI=1S/C15H21BN4O5/c16-14(23)25-8-10-3-5-11(6-4-10)20-13(22)12(19-9-21)2-1-7-18-15(17)24/h3-6,9,12H,1-2,7-8,16H2,(H,19,21)(H,20,22)(H3,17,18,24). The van der Waals surface area contributed by atoms with E-state index in [2.05, 4.69) is 16.0 Å². The highest BCUT2D eigenvalue weighted by Gasteiger charge is 2.17. The monoisotopic (exact) mass is 348 g/mol. The molecule has 1 aromatic carbocycles. The van der Waals surface area contributed by atoms with Gasteiger partial charge in [0.1, 0.15) is 12.6 Å². The summed E-state index contributed by atoms with van der Waals surface area (Å²) in [5, 5.41) is 7.54. The lowest BCUT2D eigenvalue weighted by molar-refractivity contribution is -0.121. The largest absolute Gasteiger partial charge is 0.469 e. The van der Waals surface area contributed by atoms with Crippen LogP contribution in [0.1, 0.15) is 18.4 Å². The summed E-state index contributed by atoms with van der Waals surface area (Å²) in [4.78, 5) is 44.2. The third-order valence-corrected chi connectivity index (χ3v) is 3.22. The third kappa shape index (κ3) is 8.40. The van der Waals surface area contributed by atoms with E-state index in [1.807, 2.05) is 0 Å². The van der Waals surface area contributed by atoms with Crippen molar-refractivity contribution in [2.24, 2.45) is 5.73 Å². The molecular weight excluding hydrogens is 327 g/mol. The number of nitrogens with one attached hydrogen (secondary N) is 3. The van der Waals surface area contributed by atoms with Gasteiger partial charge >= 0.3 is 6.03 Å². The first-order valence-electron chi connectivity index (χ1n) is 7.68. The van der Waals surface area contributed by atoms with Gasteiger partial charge in [0.05, 0.1) is 0 Å². The summed E-state index contributed by atoms with van der Waals surface area (Å²) in [6.45, 7) is 0.468. The van der Waals surface area contributed by atoms with E-state index in [0.29, 0.717) is 31.5 Å². The van der Waals surface area contributed by atoms with E-state index in [-0.39, 0.29) is 18.4 Å². The molecule has 0 aliphatic rings. The fraction of sp³-hybridized carbons (Fsp3) is 0.333. The molecule has 1 aromatic rings. The summed E-state index contributed by atoms with van der Waals surface area (Å²) < 4.78 is 4.88. The first-order valence-corrected chi connectivity index (χ1v) is 7.68. The molecule has 0 radical (unpaired) electrons. The van der Waals surface area contributed by atoms with Gasteiger partial charge in [-0.2, -0.15) is 0 Å². The van der Waals surface area contributed by atoms with E-state index in [1.165, 1.54) is 7.85 Å². The lowest BCUT2D eigenvalue weighted by Crippen LogP contribution is -2.40. The van der Waals surface area contributed by atoms with Crippen molar-refractivity contribution in [3.05, 3.63) is 29.8 Å². The normalized spacial score (nSPS) is 11.0. The zero-order valence-electron chi connectivity index (χ0n) is 13.9. The highest BCUT2D eigenvalue weighted by molar-refractivity contribution is 6.55. The summed E-state index contributed by atoms with van der Waals surface area (Å²) in [5.74, 6) is -0.745. The van der Waals surface area contributed by atoms with E-state index >= 15 is 0 Å². The van der Waals surface area contributed by atoms with E-state index < -0.39 is 12.1 Å². The highest BCUT2D eigenvalue weighted by Crippen LogP contribution is 2.11. The molecule has 1 atom stereocenters. The molecule has 25 heavy (non-hydrogen) atoms. The molecule has 5 N–H and O–H groups in total. The van der Waals surface area contributed by atoms with Crippen LogP contribution in [0.15, 0.2) is 24.3 Å². The van der Waals surface area contributed by atoms with Gasteiger partial charge in [-0.05, 0) is 30.5 Å². The van der Waals surface area contributed by atoms with Crippen LogP contribution in [-0.4, -0.2) is 44.6 Å². The smallest absolute Gasteiger partial charge is 0.312 e. The number of carbonyl (C=O) groups is 4. The SMILES string of the molecule is BC(=O)OCc1ccc(NC(=O)C(CCCNC(N)=O)NC=O)cc1. The van der Waals surface area contributed by atoms with Crippen LogP contribution in [0.2, 0.25) is 0 Å². The second-order valence-electron chi connectivity index (χ2n) is 5.24. The Labute approximate surface area is 146 Å². The minimum Gasteiger partial charge on any atom is -0.469 e. The van der Waals surface area contributed by atoms with Crippen molar-refractivity contribution < 1.29 is 23.9 Å². The molecule has 4 amide bonds. The molecule has 0 aliphatic heterocycles. The molecule has 0 fully saturated rings. The average Bonchev–Trinajstić information content (AvgIpc) is 2.56. The van der Waals surface area contributed by atoms with Crippen LogP contribution in [0, 0.1) is 0 Å². The number of ether oxygens (including phenoxy) is 1. The van der Waals surface area contributed by atoms with Crippen LogP contribution in [0.4, 0.5) is 15.3 Å². The van der Waals surface area contributed by atoms with Crippen LogP contribution in [0.5, 0.6) is 0 Å². The van der Waals surface area contributed by atoms with Gasteiger partial charge in [0.15, 0.2) is 0 Å². The maximum atomic E-state index is 12.2. The molecule has 0 heterocycles. The lowest BCUT2D eigenvalue weighted by atomic mass is 10.1. The molecular formula is C15H21BN4O5. The van der Waals surface area contributed by atoms with Crippen LogP contribution >= 0.6 is 0 Å². The van der Waals surface area contributed by atoms with Crippen LogP contribution in [0.25, 0.3) is 0 Å². The predicted octanol–water partition coefficient (Wildman–Crippen LogP) is -0.542. The molecule has 10 heteroatoms. The molecule has 0 saturated carbocycles. The lowest BCUT2D eigenvalue weighted by Gasteiger charge is -2.16. The predicted molar refractivity (Wildman–Crippen MR) is 93.6 cm³/mol. The molecule has 0 aromatic heterocycles. The number of rotatable bonds is 10. The zero-order chi connectivity index (χ0) is 18.7. The van der Waals surface area contributed by atoms with Gasteiger partial charge in [-0.15, -0.1) is 0 Å². The summed E-state index contributed by atoms with van der Waals surface area (Å²) in [5.41, 5.74) is 6.28. The molecule has 0 saturated heterocycles. The molecule has 1 rings (SSSR count). The topological polar surface area (TPSA) is 140 Å². The first-order chi connectivity index (χ1) is 11.9. The quantitative estimate of drug-likeness (QED) is 0.255. The van der Waals surface area contributed by atoms with Gasteiger partial charge in [0.2, 0.25) is 26.0 Å². The first kappa shape index (κ1) is 20.0. The maximum Gasteiger partial charge on any atom is 0.312 e. The van der Waals surface area contributed by atoms with Gasteiger partial charge in [-0.25, -0.2) is 4.79 Å². The molecule has 0 aliphatic carbocycles. The third-order valence-electron chi connectivity index (χ3n) is 3.22. The van der Waals surface area contributed by atoms with Crippen LogP contribution in [-0.2, 0) is 20.9 Å². The fourth-order valence-electron chi connectivity index (χ4n) is 1.99. The van der Waals surface area contributed by atoms with E-state index in [9.17, 15) is 19.2 Å². The van der Waals surface area contributed by atoms with Gasteiger partial charge in [0, 0.05) is 12.2 Å². The van der Waals surface area contributed by atoms with Crippen molar-refractivity contribution >= 4 is 37.8 Å². The Hall–Kier alpha value is -3.04. The van der Waals surface area contributed by atoms with Crippen LogP contribution in [0.3, 0.4) is 0 Å². The Morgan fingerprint density at radius 1 is 1.24 bits per heavy atom. The molecule has 0 bridgehead atoms. The number of nitrogens with two attached hydrogens (primary N) is 1. The van der Waals surface area contributed by atoms with Crippen molar-refractivity contribution in [3.63, 3.8) is 0 Å². The minimum absolute atomic E-state index is 0.158. The van der Waals surface area contributed by atoms with Gasteiger partial charge in [-0.1, -0.05) is 12.1 Å². The number of primary amides is 1. The summed E-state index contributed by atoms with van der Waals surface area (Å²) in [6, 6.07) is 5.41. The van der Waals surface area contributed by atoms with Crippen molar-refractivity contribution in [2.75, 3.05) is 11.9 Å². The number of hydrogen-bond acceptors (Lipinski definition) is 5. The average molecular weight is 348 g/mol. The minimum atomic E-state index is -0.729. The number of amides is 4. The number of urea groups is 1. The fourth-order valence-corrected chi connectivity index (χ4v) is 1.99. The van der Waals surface area contributed by atoms with Gasteiger partial charge in [-0.3, -0.25) is 14.4 Å². The van der Waals surface area contributed by atoms with Crippen molar-refractivity contribution in [1.29, 1.82) is 0 Å². The Balaban J connectivity index is 2.53. The van der Waals surface area contributed by atoms with Crippen molar-refractivity contribution in [3.8, 4) is 0 Å². The van der Waals surface area contributed by atoms with E-state index in [1.54, 1.807) is 24.3 Å². The Morgan fingerprint density at radius 2 is 1.92 bits per heavy atom. The highest BCUT2D eigenvalue weighted by atomic mass is 16.5. The maximum absolute atomic E-state index is 12.2. The summed E-state index contributed by atoms with van der Waals surface area (Å²) in [7, 11) is 1.33. The number of anilines is 1. The molecule has 1 unspecified atom stereocenters. The Morgan fingerprint density at radius 3 is 2.48 bits per heavy atom. The Kier molecular flexibility index (Phi) is 8.55. The summed E-state index contributed by atoms with van der Waals surface area (Å²) >= 11 is 0. The van der Waals surface area contributed by atoms with E-state index in [0.717, 1.165) is 5.56 Å². The molecule has 134 valence electrons.